The van der Waals surface area contributed by atoms with Crippen LogP contribution in [0.25, 0.3) is 22.3 Å². The molecule has 3 aromatic heterocycles. The van der Waals surface area contributed by atoms with E-state index in [0.29, 0.717) is 22.7 Å². The summed E-state index contributed by atoms with van der Waals surface area (Å²) in [7, 11) is 0. The summed E-state index contributed by atoms with van der Waals surface area (Å²) in [5.74, 6) is 0.260. The Balaban J connectivity index is 1.40. The van der Waals surface area contributed by atoms with E-state index < -0.39 is 11.6 Å². The summed E-state index contributed by atoms with van der Waals surface area (Å²) in [4.78, 5) is 19.8. The number of pyridine rings is 1. The molecular formula is C27H32F2N8. The number of hydrogen-bond donors (Lipinski definition) is 2. The lowest BCUT2D eigenvalue weighted by molar-refractivity contribution is 0.225. The van der Waals surface area contributed by atoms with E-state index in [2.05, 4.69) is 42.4 Å². The van der Waals surface area contributed by atoms with Crippen LogP contribution in [0.5, 0.6) is 0 Å². The van der Waals surface area contributed by atoms with Crippen molar-refractivity contribution in [3.8, 4) is 11.3 Å². The monoisotopic (exact) mass is 506 g/mol. The highest BCUT2D eigenvalue weighted by Crippen LogP contribution is 2.30. The molecule has 1 atom stereocenters. The molecule has 37 heavy (non-hydrogen) atoms. The van der Waals surface area contributed by atoms with Gasteiger partial charge in [0.25, 0.3) is 0 Å². The number of benzene rings is 1. The Morgan fingerprint density at radius 3 is 2.57 bits per heavy atom. The van der Waals surface area contributed by atoms with Crippen LogP contribution in [-0.4, -0.2) is 55.6 Å². The van der Waals surface area contributed by atoms with Gasteiger partial charge in [-0.05, 0) is 71.0 Å². The SMILES string of the molecule is Cc1nc2c(F)cc(-c3nc(Nc4ccc([C@@H](C)N5CCCNCC5)cn4)ncc3F)cc2n1C(C)C. The van der Waals surface area contributed by atoms with E-state index >= 15 is 0 Å². The first-order chi connectivity index (χ1) is 17.8. The first-order valence-corrected chi connectivity index (χ1v) is 12.7. The van der Waals surface area contributed by atoms with Crippen molar-refractivity contribution in [3.05, 3.63) is 59.7 Å². The van der Waals surface area contributed by atoms with Gasteiger partial charge in [-0.25, -0.2) is 28.7 Å². The summed E-state index contributed by atoms with van der Waals surface area (Å²) in [5.41, 5.74) is 2.31. The number of halogens is 2. The van der Waals surface area contributed by atoms with Gasteiger partial charge in [-0.1, -0.05) is 6.07 Å². The third-order valence-corrected chi connectivity index (χ3v) is 6.89. The highest BCUT2D eigenvalue weighted by molar-refractivity contribution is 5.83. The van der Waals surface area contributed by atoms with E-state index in [9.17, 15) is 8.78 Å². The van der Waals surface area contributed by atoms with Crippen molar-refractivity contribution in [1.82, 2.24) is 34.7 Å². The zero-order valence-electron chi connectivity index (χ0n) is 21.6. The Labute approximate surface area is 215 Å². The molecule has 0 bridgehead atoms. The average molecular weight is 507 g/mol. The molecule has 5 rings (SSSR count). The van der Waals surface area contributed by atoms with E-state index in [-0.39, 0.29) is 29.2 Å². The quantitative estimate of drug-likeness (QED) is 0.374. The lowest BCUT2D eigenvalue weighted by atomic mass is 10.1. The zero-order chi connectivity index (χ0) is 26.1. The van der Waals surface area contributed by atoms with Gasteiger partial charge in [0.15, 0.2) is 11.6 Å². The number of anilines is 2. The minimum absolute atomic E-state index is 0.00692. The molecule has 0 radical (unpaired) electrons. The van der Waals surface area contributed by atoms with Crippen LogP contribution < -0.4 is 10.6 Å². The molecule has 1 aliphatic heterocycles. The third kappa shape index (κ3) is 5.17. The van der Waals surface area contributed by atoms with E-state index in [1.807, 2.05) is 43.7 Å². The fourth-order valence-corrected chi connectivity index (χ4v) is 4.99. The number of rotatable bonds is 6. The lowest BCUT2D eigenvalue weighted by Crippen LogP contribution is -2.30. The molecule has 8 nitrogen and oxygen atoms in total. The van der Waals surface area contributed by atoms with Crippen molar-refractivity contribution < 1.29 is 8.78 Å². The second-order valence-electron chi connectivity index (χ2n) is 9.76. The van der Waals surface area contributed by atoms with Gasteiger partial charge in [0.1, 0.15) is 22.9 Å². The summed E-state index contributed by atoms with van der Waals surface area (Å²) >= 11 is 0. The first kappa shape index (κ1) is 25.2. The predicted octanol–water partition coefficient (Wildman–Crippen LogP) is 5.16. The van der Waals surface area contributed by atoms with Gasteiger partial charge in [-0.15, -0.1) is 0 Å². The smallest absolute Gasteiger partial charge is 0.229 e. The molecule has 4 heterocycles. The number of aromatic nitrogens is 5. The Hall–Kier alpha value is -3.50. The maximum absolute atomic E-state index is 15.0. The van der Waals surface area contributed by atoms with Crippen LogP contribution >= 0.6 is 0 Å². The standard InChI is InChI=1S/C27H32F2N8/c1-16(2)37-18(4)33-26-21(28)12-20(13-23(26)37)25-22(29)15-32-27(35-25)34-24-7-6-19(14-31-24)17(3)36-10-5-8-30-9-11-36/h6-7,12-17,30H,5,8-11H2,1-4H3,(H,31,32,34,35)/t17-/m1/s1. The predicted molar refractivity (Wildman–Crippen MR) is 141 cm³/mol. The van der Waals surface area contributed by atoms with Crippen molar-refractivity contribution in [3.63, 3.8) is 0 Å². The highest BCUT2D eigenvalue weighted by atomic mass is 19.1. The molecule has 194 valence electrons. The molecule has 2 N–H and O–H groups in total. The van der Waals surface area contributed by atoms with Crippen LogP contribution in [0.1, 0.15) is 50.7 Å². The Bertz CT molecular complexity index is 1390. The largest absolute Gasteiger partial charge is 0.326 e. The van der Waals surface area contributed by atoms with Crippen molar-refractivity contribution in [2.24, 2.45) is 0 Å². The number of hydrogen-bond acceptors (Lipinski definition) is 7. The molecular weight excluding hydrogens is 474 g/mol. The van der Waals surface area contributed by atoms with Crippen LogP contribution in [-0.2, 0) is 0 Å². The number of nitrogens with one attached hydrogen (secondary N) is 2. The molecule has 0 spiro atoms. The van der Waals surface area contributed by atoms with Crippen LogP contribution in [0.15, 0.2) is 36.7 Å². The molecule has 0 aliphatic carbocycles. The van der Waals surface area contributed by atoms with Gasteiger partial charge in [0.05, 0.1) is 11.7 Å². The molecule has 4 aromatic rings. The minimum atomic E-state index is -0.638. The summed E-state index contributed by atoms with van der Waals surface area (Å²) in [6, 6.07) is 7.20. The van der Waals surface area contributed by atoms with Crippen LogP contribution in [0.2, 0.25) is 0 Å². The van der Waals surface area contributed by atoms with Crippen molar-refractivity contribution >= 4 is 22.8 Å². The number of nitrogens with zero attached hydrogens (tertiary/aromatic N) is 6. The molecule has 1 saturated heterocycles. The third-order valence-electron chi connectivity index (χ3n) is 6.89. The maximum atomic E-state index is 15.0. The topological polar surface area (TPSA) is 83.8 Å². The number of aryl methyl sites for hydroxylation is 1. The Kier molecular flexibility index (Phi) is 7.12. The summed E-state index contributed by atoms with van der Waals surface area (Å²) in [6.45, 7) is 12.1. The number of imidazole rings is 1. The zero-order valence-corrected chi connectivity index (χ0v) is 21.6. The van der Waals surface area contributed by atoms with Crippen molar-refractivity contribution in [2.45, 2.75) is 46.2 Å². The van der Waals surface area contributed by atoms with Gasteiger partial charge in [0, 0.05) is 36.9 Å². The second-order valence-corrected chi connectivity index (χ2v) is 9.76. The summed E-state index contributed by atoms with van der Waals surface area (Å²) in [6.07, 6.45) is 4.05. The molecule has 1 aromatic carbocycles. The normalized spacial score (nSPS) is 15.8. The molecule has 10 heteroatoms. The van der Waals surface area contributed by atoms with E-state index in [1.165, 1.54) is 6.07 Å². The van der Waals surface area contributed by atoms with Gasteiger partial charge < -0.3 is 15.2 Å². The Morgan fingerprint density at radius 2 is 1.81 bits per heavy atom. The fourth-order valence-electron chi connectivity index (χ4n) is 4.99. The van der Waals surface area contributed by atoms with Crippen LogP contribution in [0, 0.1) is 18.6 Å². The van der Waals surface area contributed by atoms with Gasteiger partial charge in [-0.2, -0.15) is 0 Å². The number of fused-ring (bicyclic) bond motifs is 1. The molecule has 0 amide bonds. The second kappa shape index (κ2) is 10.5. The summed E-state index contributed by atoms with van der Waals surface area (Å²) < 4.78 is 31.7. The van der Waals surface area contributed by atoms with E-state index in [4.69, 9.17) is 0 Å². The van der Waals surface area contributed by atoms with Gasteiger partial charge >= 0.3 is 0 Å². The van der Waals surface area contributed by atoms with E-state index in [1.54, 1.807) is 6.07 Å². The maximum Gasteiger partial charge on any atom is 0.229 e. The van der Waals surface area contributed by atoms with Gasteiger partial charge in [0.2, 0.25) is 5.95 Å². The minimum Gasteiger partial charge on any atom is -0.326 e. The average Bonchev–Trinajstić information content (AvgIpc) is 3.03. The van der Waals surface area contributed by atoms with Crippen LogP contribution in [0.4, 0.5) is 20.5 Å². The van der Waals surface area contributed by atoms with Crippen molar-refractivity contribution in [1.29, 1.82) is 0 Å². The fraction of sp³-hybridized carbons (Fsp3) is 0.407. The molecule has 0 saturated carbocycles. The van der Waals surface area contributed by atoms with Crippen molar-refractivity contribution in [2.75, 3.05) is 31.5 Å². The first-order valence-electron chi connectivity index (χ1n) is 12.7. The lowest BCUT2D eigenvalue weighted by Gasteiger charge is -2.27. The molecule has 1 fully saturated rings. The van der Waals surface area contributed by atoms with Crippen LogP contribution in [0.3, 0.4) is 0 Å². The van der Waals surface area contributed by atoms with Gasteiger partial charge in [-0.3, -0.25) is 4.90 Å². The molecule has 0 unspecified atom stereocenters. The summed E-state index contributed by atoms with van der Waals surface area (Å²) in [5, 5.41) is 6.48. The highest BCUT2D eigenvalue weighted by Gasteiger charge is 2.19. The molecule has 1 aliphatic rings. The Morgan fingerprint density at radius 1 is 0.973 bits per heavy atom. The van der Waals surface area contributed by atoms with E-state index in [0.717, 1.165) is 44.4 Å².